The zero-order valence-corrected chi connectivity index (χ0v) is 14.6. The first kappa shape index (κ1) is 17.3. The smallest absolute Gasteiger partial charge is 0.255 e. The third kappa shape index (κ3) is 4.29. The average molecular weight is 340 g/mol. The van der Waals surface area contributed by atoms with Gasteiger partial charge in [-0.1, -0.05) is 30.3 Å². The van der Waals surface area contributed by atoms with Gasteiger partial charge in [-0.2, -0.15) is 0 Å². The Morgan fingerprint density at radius 1 is 1.20 bits per heavy atom. The van der Waals surface area contributed by atoms with Crippen LogP contribution in [0.3, 0.4) is 0 Å². The van der Waals surface area contributed by atoms with Gasteiger partial charge in [0.25, 0.3) is 5.91 Å². The van der Waals surface area contributed by atoms with Crippen molar-refractivity contribution in [1.82, 2.24) is 10.2 Å². The van der Waals surface area contributed by atoms with Crippen molar-refractivity contribution in [2.45, 2.75) is 38.8 Å². The van der Waals surface area contributed by atoms with Crippen LogP contribution in [0.4, 0.5) is 0 Å². The molecule has 1 aromatic heterocycles. The van der Waals surface area contributed by atoms with Gasteiger partial charge in [-0.25, -0.2) is 0 Å². The van der Waals surface area contributed by atoms with Gasteiger partial charge in [0.05, 0.1) is 17.9 Å². The minimum atomic E-state index is -0.590. The van der Waals surface area contributed by atoms with Crippen molar-refractivity contribution in [2.24, 2.45) is 5.92 Å². The Morgan fingerprint density at radius 3 is 2.52 bits per heavy atom. The van der Waals surface area contributed by atoms with Crippen molar-refractivity contribution >= 4 is 11.8 Å². The molecule has 5 heteroatoms. The number of carbonyl (C=O) groups is 2. The molecule has 1 N–H and O–H groups in total. The number of furan rings is 1. The molecule has 1 fully saturated rings. The molecule has 1 aliphatic carbocycles. The van der Waals surface area contributed by atoms with Gasteiger partial charge in [0.1, 0.15) is 12.3 Å². The summed E-state index contributed by atoms with van der Waals surface area (Å²) in [5.74, 6) is 0.223. The number of amides is 2. The van der Waals surface area contributed by atoms with E-state index in [1.165, 1.54) is 25.4 Å². The van der Waals surface area contributed by atoms with Crippen LogP contribution in [0.1, 0.15) is 48.7 Å². The molecule has 0 unspecified atom stereocenters. The zero-order valence-electron chi connectivity index (χ0n) is 14.6. The van der Waals surface area contributed by atoms with Crippen molar-refractivity contribution < 1.29 is 14.0 Å². The standard InChI is InChI=1S/C20H24N2O3/c1-14(21-19(23)18-10-11-25-13-18)20(24)22(12-16-8-9-16)15(2)17-6-4-3-5-7-17/h3-7,10-11,13-16H,8-9,12H2,1-2H3,(H,21,23)/t14-,15-/m1/s1. The molecular weight excluding hydrogens is 316 g/mol. The first-order valence-electron chi connectivity index (χ1n) is 8.74. The van der Waals surface area contributed by atoms with Crippen molar-refractivity contribution in [2.75, 3.05) is 6.54 Å². The van der Waals surface area contributed by atoms with Crippen molar-refractivity contribution in [1.29, 1.82) is 0 Å². The summed E-state index contributed by atoms with van der Waals surface area (Å²) in [6, 6.07) is 11.0. The highest BCUT2D eigenvalue weighted by Gasteiger charge is 2.32. The van der Waals surface area contributed by atoms with Crippen molar-refractivity contribution in [3.8, 4) is 0 Å². The molecule has 1 saturated carbocycles. The summed E-state index contributed by atoms with van der Waals surface area (Å²) in [6.07, 6.45) is 5.15. The third-order valence-corrected chi connectivity index (χ3v) is 4.69. The van der Waals surface area contributed by atoms with Gasteiger partial charge in [-0.15, -0.1) is 0 Å². The summed E-state index contributed by atoms with van der Waals surface area (Å²) in [4.78, 5) is 27.1. The zero-order chi connectivity index (χ0) is 17.8. The fraction of sp³-hybridized carbons (Fsp3) is 0.400. The maximum Gasteiger partial charge on any atom is 0.255 e. The van der Waals surface area contributed by atoms with E-state index in [1.54, 1.807) is 13.0 Å². The Bertz CT molecular complexity index is 708. The number of carbonyl (C=O) groups excluding carboxylic acids is 2. The lowest BCUT2D eigenvalue weighted by Gasteiger charge is -2.32. The molecule has 0 saturated heterocycles. The molecule has 0 radical (unpaired) electrons. The second-order valence-electron chi connectivity index (χ2n) is 6.73. The lowest BCUT2D eigenvalue weighted by molar-refractivity contribution is -0.135. The predicted octanol–water partition coefficient (Wildman–Crippen LogP) is 3.40. The Morgan fingerprint density at radius 2 is 1.92 bits per heavy atom. The minimum absolute atomic E-state index is 0.0254. The quantitative estimate of drug-likeness (QED) is 0.840. The van der Waals surface area contributed by atoms with E-state index in [0.717, 1.165) is 12.1 Å². The van der Waals surface area contributed by atoms with Crippen LogP contribution in [-0.2, 0) is 4.79 Å². The van der Waals surface area contributed by atoms with E-state index in [9.17, 15) is 9.59 Å². The number of rotatable bonds is 7. The first-order chi connectivity index (χ1) is 12.1. The normalized spacial score (nSPS) is 16.1. The largest absolute Gasteiger partial charge is 0.472 e. The highest BCUT2D eigenvalue weighted by molar-refractivity contribution is 5.97. The lowest BCUT2D eigenvalue weighted by atomic mass is 10.1. The predicted molar refractivity (Wildman–Crippen MR) is 94.9 cm³/mol. The SMILES string of the molecule is C[C@H](c1ccccc1)N(CC1CC1)C(=O)[C@@H](C)NC(=O)c1ccoc1. The van der Waals surface area contributed by atoms with Crippen LogP contribution in [0, 0.1) is 5.92 Å². The monoisotopic (exact) mass is 340 g/mol. The molecule has 1 aliphatic rings. The number of hydrogen-bond donors (Lipinski definition) is 1. The van der Waals surface area contributed by atoms with Gasteiger partial charge in [0, 0.05) is 6.54 Å². The number of nitrogens with zero attached hydrogens (tertiary/aromatic N) is 1. The lowest BCUT2D eigenvalue weighted by Crippen LogP contribution is -2.48. The summed E-state index contributed by atoms with van der Waals surface area (Å²) in [5, 5.41) is 2.77. The van der Waals surface area contributed by atoms with Crippen molar-refractivity contribution in [3.05, 3.63) is 60.1 Å². The molecule has 2 amide bonds. The molecule has 1 heterocycles. The first-order valence-corrected chi connectivity index (χ1v) is 8.74. The fourth-order valence-electron chi connectivity index (χ4n) is 2.91. The van der Waals surface area contributed by atoms with Crippen LogP contribution in [0.15, 0.2) is 53.3 Å². The van der Waals surface area contributed by atoms with E-state index in [-0.39, 0.29) is 17.9 Å². The van der Waals surface area contributed by atoms with Crippen LogP contribution in [0.2, 0.25) is 0 Å². The van der Waals surface area contributed by atoms with Gasteiger partial charge in [0.15, 0.2) is 0 Å². The van der Waals surface area contributed by atoms with Gasteiger partial charge in [-0.05, 0) is 44.2 Å². The molecule has 3 rings (SSSR count). The van der Waals surface area contributed by atoms with Gasteiger partial charge < -0.3 is 14.6 Å². The van der Waals surface area contributed by atoms with Gasteiger partial charge in [0.2, 0.25) is 5.91 Å². The Kier molecular flexibility index (Phi) is 5.22. The van der Waals surface area contributed by atoms with Gasteiger partial charge in [-0.3, -0.25) is 9.59 Å². The Hall–Kier alpha value is -2.56. The molecule has 0 bridgehead atoms. The number of hydrogen-bond acceptors (Lipinski definition) is 3. The van der Waals surface area contributed by atoms with E-state index < -0.39 is 6.04 Å². The molecule has 1 aromatic carbocycles. The molecular formula is C20H24N2O3. The highest BCUT2D eigenvalue weighted by Crippen LogP contribution is 2.33. The van der Waals surface area contributed by atoms with Gasteiger partial charge >= 0.3 is 0 Å². The Balaban J connectivity index is 1.71. The van der Waals surface area contributed by atoms with E-state index >= 15 is 0 Å². The van der Waals surface area contributed by atoms with Crippen LogP contribution in [-0.4, -0.2) is 29.3 Å². The maximum atomic E-state index is 13.0. The van der Waals surface area contributed by atoms with E-state index in [2.05, 4.69) is 5.32 Å². The molecule has 5 nitrogen and oxygen atoms in total. The molecule has 25 heavy (non-hydrogen) atoms. The average Bonchev–Trinajstić information content (AvgIpc) is 3.28. The summed E-state index contributed by atoms with van der Waals surface area (Å²) in [5.41, 5.74) is 1.52. The van der Waals surface area contributed by atoms with Crippen molar-refractivity contribution in [3.63, 3.8) is 0 Å². The Labute approximate surface area is 148 Å². The minimum Gasteiger partial charge on any atom is -0.472 e. The highest BCUT2D eigenvalue weighted by atomic mass is 16.3. The third-order valence-electron chi connectivity index (χ3n) is 4.69. The molecule has 2 aromatic rings. The van der Waals surface area contributed by atoms with Crippen LogP contribution >= 0.6 is 0 Å². The molecule has 2 atom stereocenters. The summed E-state index contributed by atoms with van der Waals surface area (Å²) < 4.78 is 4.93. The molecule has 0 spiro atoms. The summed E-state index contributed by atoms with van der Waals surface area (Å²) in [7, 11) is 0. The maximum absolute atomic E-state index is 13.0. The van der Waals surface area contributed by atoms with E-state index in [1.807, 2.05) is 42.2 Å². The molecule has 0 aliphatic heterocycles. The number of benzene rings is 1. The topological polar surface area (TPSA) is 62.6 Å². The number of nitrogens with one attached hydrogen (secondary N) is 1. The van der Waals surface area contributed by atoms with Crippen LogP contribution < -0.4 is 5.32 Å². The van der Waals surface area contributed by atoms with Crippen LogP contribution in [0.25, 0.3) is 0 Å². The summed E-state index contributed by atoms with van der Waals surface area (Å²) >= 11 is 0. The van der Waals surface area contributed by atoms with Crippen LogP contribution in [0.5, 0.6) is 0 Å². The van der Waals surface area contributed by atoms with E-state index in [4.69, 9.17) is 4.42 Å². The second kappa shape index (κ2) is 7.55. The van der Waals surface area contributed by atoms with E-state index in [0.29, 0.717) is 11.5 Å². The summed E-state index contributed by atoms with van der Waals surface area (Å²) in [6.45, 7) is 4.51. The molecule has 132 valence electrons. The second-order valence-corrected chi connectivity index (χ2v) is 6.73. The fourth-order valence-corrected chi connectivity index (χ4v) is 2.91.